The van der Waals surface area contributed by atoms with Gasteiger partial charge in [-0.05, 0) is 13.8 Å². The summed E-state index contributed by atoms with van der Waals surface area (Å²) in [6.45, 7) is 3.79. The number of hydrogen-bond donors (Lipinski definition) is 2. The van der Waals surface area contributed by atoms with E-state index < -0.39 is 0 Å². The number of rotatable bonds is 0. The highest BCUT2D eigenvalue weighted by molar-refractivity contribution is 5.75. The van der Waals surface area contributed by atoms with Crippen molar-refractivity contribution in [1.29, 1.82) is 0 Å². The molecule has 0 saturated heterocycles. The highest BCUT2D eigenvalue weighted by Crippen LogP contribution is 2.08. The lowest BCUT2D eigenvalue weighted by atomic mass is 10.4. The summed E-state index contributed by atoms with van der Waals surface area (Å²) in [5, 5.41) is 22.4. The number of aromatic amines is 2. The maximum absolute atomic E-state index is 4.16. The molecule has 0 aliphatic heterocycles. The van der Waals surface area contributed by atoms with Crippen molar-refractivity contribution in [3.05, 3.63) is 55.2 Å². The topological polar surface area (TPSA) is 153 Å². The first-order chi connectivity index (χ1) is 14.6. The fourth-order valence-electron chi connectivity index (χ4n) is 2.71. The molecule has 0 aromatic carbocycles. The standard InChI is InChI=1S/3C6H6N4/c1-10-4-7-5-2-8-9-3-6(5)10;1-4-6-5(2-9-10-4)7-3-8-6;1-4-9-5-2-7-8-3-6(5)10-4/h2-4H,1H3;2-3H,1H3,(H,7,8);2-3H,1H3,(H,9,10). The first-order valence-corrected chi connectivity index (χ1v) is 8.94. The lowest BCUT2D eigenvalue weighted by Crippen LogP contribution is -1.85. The summed E-state index contributed by atoms with van der Waals surface area (Å²) >= 11 is 0. The van der Waals surface area contributed by atoms with Crippen molar-refractivity contribution >= 4 is 33.1 Å². The molecule has 30 heavy (non-hydrogen) atoms. The number of fused-ring (bicyclic) bond motifs is 3. The number of imidazole rings is 3. The molecule has 6 aromatic heterocycles. The van der Waals surface area contributed by atoms with E-state index in [1.807, 2.05) is 25.5 Å². The first-order valence-electron chi connectivity index (χ1n) is 8.94. The first kappa shape index (κ1) is 19.0. The van der Waals surface area contributed by atoms with Crippen LogP contribution in [0.1, 0.15) is 11.5 Å². The fourth-order valence-corrected chi connectivity index (χ4v) is 2.71. The highest BCUT2D eigenvalue weighted by atomic mass is 15.1. The number of aryl methyl sites for hydroxylation is 3. The lowest BCUT2D eigenvalue weighted by molar-refractivity contribution is 0.938. The number of aromatic nitrogens is 12. The molecule has 6 aromatic rings. The number of H-pyrrole nitrogens is 2. The van der Waals surface area contributed by atoms with Crippen molar-refractivity contribution < 1.29 is 0 Å². The average molecular weight is 402 g/mol. The predicted molar refractivity (Wildman–Crippen MR) is 109 cm³/mol. The van der Waals surface area contributed by atoms with Crippen LogP contribution in [0.4, 0.5) is 0 Å². The zero-order valence-corrected chi connectivity index (χ0v) is 16.5. The number of hydrogen-bond acceptors (Lipinski definition) is 9. The molecule has 150 valence electrons. The third kappa shape index (κ3) is 4.06. The molecular weight excluding hydrogens is 384 g/mol. The lowest BCUT2D eigenvalue weighted by Gasteiger charge is -1.88. The van der Waals surface area contributed by atoms with E-state index in [9.17, 15) is 0 Å². The van der Waals surface area contributed by atoms with Crippen molar-refractivity contribution in [2.45, 2.75) is 13.8 Å². The second-order valence-corrected chi connectivity index (χ2v) is 6.32. The van der Waals surface area contributed by atoms with Crippen LogP contribution < -0.4 is 0 Å². The third-order valence-electron chi connectivity index (χ3n) is 4.16. The minimum atomic E-state index is 0.860. The average Bonchev–Trinajstić information content (AvgIpc) is 3.48. The summed E-state index contributed by atoms with van der Waals surface area (Å²) in [7, 11) is 1.93. The monoisotopic (exact) mass is 402 g/mol. The number of nitrogens with one attached hydrogen (secondary N) is 2. The van der Waals surface area contributed by atoms with Gasteiger partial charge in [-0.2, -0.15) is 30.6 Å². The minimum Gasteiger partial charge on any atom is -0.343 e. The molecule has 0 aliphatic carbocycles. The SMILES string of the molecule is Cc1nc2cnncc2[nH]1.Cc1nncc2[nH]cnc12.Cn1cnc2cnncc21. The largest absolute Gasteiger partial charge is 0.343 e. The molecule has 12 heteroatoms. The maximum atomic E-state index is 4.16. The molecule has 0 unspecified atom stereocenters. The van der Waals surface area contributed by atoms with Gasteiger partial charge in [0.1, 0.15) is 22.4 Å². The fraction of sp³-hybridized carbons (Fsp3) is 0.167. The predicted octanol–water partition coefficient (Wildman–Crippen LogP) is 1.69. The van der Waals surface area contributed by atoms with E-state index in [0.717, 1.165) is 44.6 Å². The van der Waals surface area contributed by atoms with Crippen LogP contribution in [0.3, 0.4) is 0 Å². The molecule has 0 radical (unpaired) electrons. The van der Waals surface area contributed by atoms with Crippen molar-refractivity contribution in [2.24, 2.45) is 7.05 Å². The van der Waals surface area contributed by atoms with Crippen LogP contribution in [0.2, 0.25) is 0 Å². The summed E-state index contributed by atoms with van der Waals surface area (Å²) in [6, 6.07) is 0. The van der Waals surface area contributed by atoms with Gasteiger partial charge in [-0.25, -0.2) is 15.0 Å². The van der Waals surface area contributed by atoms with E-state index in [1.54, 1.807) is 43.6 Å². The maximum Gasteiger partial charge on any atom is 0.113 e. The van der Waals surface area contributed by atoms with E-state index in [0.29, 0.717) is 0 Å². The molecule has 0 atom stereocenters. The van der Waals surface area contributed by atoms with Gasteiger partial charge in [-0.1, -0.05) is 0 Å². The van der Waals surface area contributed by atoms with Gasteiger partial charge in [-0.3, -0.25) is 0 Å². The van der Waals surface area contributed by atoms with Crippen LogP contribution in [-0.4, -0.2) is 60.1 Å². The van der Waals surface area contributed by atoms with Crippen molar-refractivity contribution in [3.63, 3.8) is 0 Å². The summed E-state index contributed by atoms with van der Waals surface area (Å²) in [6.07, 6.45) is 11.7. The normalized spacial score (nSPS) is 10.5. The Morgan fingerprint density at radius 3 is 2.30 bits per heavy atom. The second kappa shape index (κ2) is 8.34. The smallest absolute Gasteiger partial charge is 0.113 e. The molecule has 0 spiro atoms. The summed E-state index contributed by atoms with van der Waals surface area (Å²) < 4.78 is 1.91. The van der Waals surface area contributed by atoms with Crippen molar-refractivity contribution in [2.75, 3.05) is 0 Å². The molecule has 2 N–H and O–H groups in total. The Hall–Kier alpha value is -4.35. The quantitative estimate of drug-likeness (QED) is 0.386. The zero-order chi connectivity index (χ0) is 20.9. The van der Waals surface area contributed by atoms with Gasteiger partial charge in [0.2, 0.25) is 0 Å². The molecule has 6 rings (SSSR count). The summed E-state index contributed by atoms with van der Waals surface area (Å²) in [4.78, 5) is 18.3. The molecule has 0 saturated carbocycles. The molecule has 12 nitrogen and oxygen atoms in total. The van der Waals surface area contributed by atoms with E-state index in [2.05, 4.69) is 55.5 Å². The Labute approximate surface area is 169 Å². The highest BCUT2D eigenvalue weighted by Gasteiger charge is 1.98. The minimum absolute atomic E-state index is 0.860. The number of nitrogens with zero attached hydrogens (tertiary/aromatic N) is 10. The Kier molecular flexibility index (Phi) is 5.28. The van der Waals surface area contributed by atoms with Gasteiger partial charge in [0, 0.05) is 7.05 Å². The Morgan fingerprint density at radius 1 is 0.800 bits per heavy atom. The van der Waals surface area contributed by atoms with Gasteiger partial charge >= 0.3 is 0 Å². The van der Waals surface area contributed by atoms with Crippen molar-refractivity contribution in [3.8, 4) is 0 Å². The van der Waals surface area contributed by atoms with Gasteiger partial charge in [0.05, 0.1) is 65.9 Å². The molecule has 6 heterocycles. The summed E-state index contributed by atoms with van der Waals surface area (Å²) in [5.41, 5.74) is 6.40. The molecule has 0 fully saturated rings. The van der Waals surface area contributed by atoms with Crippen LogP contribution in [0.5, 0.6) is 0 Å². The van der Waals surface area contributed by atoms with Gasteiger partial charge in [0.15, 0.2) is 0 Å². The van der Waals surface area contributed by atoms with Crippen LogP contribution in [0.15, 0.2) is 43.6 Å². The molecule has 0 aliphatic rings. The molecule has 0 bridgehead atoms. The Balaban J connectivity index is 0.000000109. The van der Waals surface area contributed by atoms with Crippen LogP contribution in [-0.2, 0) is 7.05 Å². The van der Waals surface area contributed by atoms with E-state index in [-0.39, 0.29) is 0 Å². The second-order valence-electron chi connectivity index (χ2n) is 6.32. The van der Waals surface area contributed by atoms with Crippen LogP contribution in [0.25, 0.3) is 33.1 Å². The van der Waals surface area contributed by atoms with Gasteiger partial charge in [-0.15, -0.1) is 0 Å². The Bertz CT molecular complexity index is 1350. The van der Waals surface area contributed by atoms with Crippen molar-refractivity contribution in [1.82, 2.24) is 60.1 Å². The van der Waals surface area contributed by atoms with E-state index in [1.165, 1.54) is 0 Å². The van der Waals surface area contributed by atoms with Gasteiger partial charge < -0.3 is 14.5 Å². The van der Waals surface area contributed by atoms with Crippen LogP contribution >= 0.6 is 0 Å². The van der Waals surface area contributed by atoms with Gasteiger partial charge in [0.25, 0.3) is 0 Å². The van der Waals surface area contributed by atoms with E-state index >= 15 is 0 Å². The van der Waals surface area contributed by atoms with Crippen LogP contribution in [0, 0.1) is 13.8 Å². The molecular formula is C18H18N12. The summed E-state index contributed by atoms with van der Waals surface area (Å²) in [5.74, 6) is 0.893. The van der Waals surface area contributed by atoms with E-state index in [4.69, 9.17) is 0 Å². The molecule has 0 amide bonds. The zero-order valence-electron chi connectivity index (χ0n) is 16.5. The third-order valence-corrected chi connectivity index (χ3v) is 4.16. The Morgan fingerprint density at radius 2 is 1.53 bits per heavy atom.